The number of nitrogens with zero attached hydrogens (tertiary/aromatic N) is 1. The highest BCUT2D eigenvalue weighted by atomic mass is 16.7. The highest BCUT2D eigenvalue weighted by Crippen LogP contribution is 2.60. The van der Waals surface area contributed by atoms with E-state index in [9.17, 15) is 9.59 Å². The van der Waals surface area contributed by atoms with E-state index in [1.807, 2.05) is 36.4 Å². The van der Waals surface area contributed by atoms with E-state index in [-0.39, 0.29) is 25.3 Å². The topological polar surface area (TPSA) is 83.5 Å². The van der Waals surface area contributed by atoms with Gasteiger partial charge in [-0.2, -0.15) is 0 Å². The Kier molecular flexibility index (Phi) is 3.89. The molecule has 2 bridgehead atoms. The molecule has 0 radical (unpaired) electrons. The molecule has 1 amide bonds. The average Bonchev–Trinajstić information content (AvgIpc) is 3.54. The fraction of sp³-hybridized carbons (Fsp3) is 0.333. The molecule has 4 heterocycles. The Bertz CT molecular complexity index is 1170. The normalized spacial score (nSPS) is 28.5. The summed E-state index contributed by atoms with van der Waals surface area (Å²) in [5, 5.41) is 0. The van der Waals surface area contributed by atoms with Gasteiger partial charge >= 0.3 is 5.97 Å². The first kappa shape index (κ1) is 19.2. The Balaban J connectivity index is 1.56. The van der Waals surface area contributed by atoms with Crippen molar-refractivity contribution in [2.75, 3.05) is 21.0 Å². The van der Waals surface area contributed by atoms with Gasteiger partial charge in [0.1, 0.15) is 11.2 Å². The van der Waals surface area contributed by atoms with Gasteiger partial charge < -0.3 is 28.6 Å². The average molecular weight is 435 g/mol. The number of ether oxygens (including phenoxy) is 5. The Hall–Kier alpha value is -3.52. The van der Waals surface area contributed by atoms with Crippen molar-refractivity contribution in [2.24, 2.45) is 0 Å². The minimum Gasteiger partial charge on any atom is -0.497 e. The van der Waals surface area contributed by atoms with Crippen molar-refractivity contribution in [3.05, 3.63) is 65.2 Å². The van der Waals surface area contributed by atoms with Crippen LogP contribution < -0.4 is 14.2 Å². The van der Waals surface area contributed by atoms with Gasteiger partial charge in [-0.3, -0.25) is 9.59 Å². The van der Waals surface area contributed by atoms with Crippen molar-refractivity contribution in [1.29, 1.82) is 0 Å². The van der Waals surface area contributed by atoms with Gasteiger partial charge in [-0.1, -0.05) is 18.2 Å². The fourth-order valence-corrected chi connectivity index (χ4v) is 5.42. The number of carbonyl (C=O) groups is 2. The van der Waals surface area contributed by atoms with Gasteiger partial charge in [0.05, 0.1) is 20.3 Å². The molecule has 2 aromatic rings. The summed E-state index contributed by atoms with van der Waals surface area (Å²) in [4.78, 5) is 28.9. The summed E-state index contributed by atoms with van der Waals surface area (Å²) < 4.78 is 28.0. The van der Waals surface area contributed by atoms with E-state index in [2.05, 4.69) is 0 Å². The summed E-state index contributed by atoms with van der Waals surface area (Å²) in [7, 11) is 2.96. The van der Waals surface area contributed by atoms with Crippen molar-refractivity contribution < 1.29 is 33.3 Å². The van der Waals surface area contributed by atoms with Crippen LogP contribution >= 0.6 is 0 Å². The summed E-state index contributed by atoms with van der Waals surface area (Å²) >= 11 is 0. The smallest absolute Gasteiger partial charge is 0.321 e. The molecule has 32 heavy (non-hydrogen) atoms. The third kappa shape index (κ3) is 2.25. The zero-order valence-electron chi connectivity index (χ0n) is 17.6. The molecule has 0 N–H and O–H groups in total. The first-order chi connectivity index (χ1) is 15.5. The number of rotatable bonds is 4. The molecule has 8 heteroatoms. The van der Waals surface area contributed by atoms with Gasteiger partial charge in [0.2, 0.25) is 6.79 Å². The third-order valence-corrected chi connectivity index (χ3v) is 6.87. The van der Waals surface area contributed by atoms with Crippen LogP contribution in [-0.2, 0) is 26.2 Å². The van der Waals surface area contributed by atoms with Crippen molar-refractivity contribution in [3.63, 3.8) is 0 Å². The summed E-state index contributed by atoms with van der Waals surface area (Å²) in [6.07, 6.45) is 3.80. The second-order valence-corrected chi connectivity index (χ2v) is 8.30. The van der Waals surface area contributed by atoms with Gasteiger partial charge in [-0.25, -0.2) is 0 Å². The maximum atomic E-state index is 13.9. The van der Waals surface area contributed by atoms with Crippen LogP contribution in [0, 0.1) is 0 Å². The van der Waals surface area contributed by atoms with Crippen LogP contribution in [0.1, 0.15) is 27.9 Å². The molecule has 1 spiro atoms. The molecular weight excluding hydrogens is 414 g/mol. The SMILES string of the molecule is COC(=O)[C@]12C[C@@H]3C=C[C@]1(O3)N(Cc1ccc(OC)cc1)C(=O)c1cc3c(cc12)OCO3. The minimum absolute atomic E-state index is 0.0668. The lowest BCUT2D eigenvalue weighted by Crippen LogP contribution is -2.67. The second kappa shape index (κ2) is 6.49. The quantitative estimate of drug-likeness (QED) is 0.539. The van der Waals surface area contributed by atoms with Gasteiger partial charge in [-0.05, 0) is 41.5 Å². The second-order valence-electron chi connectivity index (χ2n) is 8.30. The number of amides is 1. The molecule has 6 rings (SSSR count). The summed E-state index contributed by atoms with van der Waals surface area (Å²) in [6, 6.07) is 10.9. The van der Waals surface area contributed by atoms with E-state index in [4.69, 9.17) is 23.7 Å². The maximum Gasteiger partial charge on any atom is 0.321 e. The molecule has 0 aromatic heterocycles. The van der Waals surface area contributed by atoms with Gasteiger partial charge in [0.15, 0.2) is 17.2 Å². The lowest BCUT2D eigenvalue weighted by atomic mass is 9.63. The zero-order chi connectivity index (χ0) is 22.1. The van der Waals surface area contributed by atoms with Gasteiger partial charge in [0, 0.05) is 18.5 Å². The van der Waals surface area contributed by atoms with Crippen LogP contribution in [-0.4, -0.2) is 49.6 Å². The Labute approximate surface area is 184 Å². The highest BCUT2D eigenvalue weighted by molar-refractivity contribution is 6.04. The van der Waals surface area contributed by atoms with E-state index in [0.717, 1.165) is 11.3 Å². The standard InChI is InChI=1S/C24H21NO7/c1-28-15-5-3-14(4-6-15)12-25-21(26)17-9-19-20(31-13-30-19)10-18(17)23(22(27)29-2)11-16-7-8-24(23,25)32-16/h3-10,16H,11-13H2,1-2H3/t16-,23+,24+/m0/s1. The Morgan fingerprint density at radius 1 is 1.16 bits per heavy atom. The van der Waals surface area contributed by atoms with Crippen LogP contribution in [0.5, 0.6) is 17.2 Å². The van der Waals surface area contributed by atoms with Crippen LogP contribution in [0.25, 0.3) is 0 Å². The molecule has 0 saturated carbocycles. The number of methoxy groups -OCH3 is 2. The Morgan fingerprint density at radius 3 is 2.59 bits per heavy atom. The van der Waals surface area contributed by atoms with E-state index in [1.54, 1.807) is 24.1 Å². The van der Waals surface area contributed by atoms with Crippen molar-refractivity contribution in [1.82, 2.24) is 4.90 Å². The zero-order valence-corrected chi connectivity index (χ0v) is 17.6. The van der Waals surface area contributed by atoms with Crippen molar-refractivity contribution >= 4 is 11.9 Å². The summed E-state index contributed by atoms with van der Waals surface area (Å²) in [5.41, 5.74) is -0.677. The molecule has 1 fully saturated rings. The molecule has 3 atom stereocenters. The number of benzene rings is 2. The predicted molar refractivity (Wildman–Crippen MR) is 110 cm³/mol. The molecule has 1 saturated heterocycles. The molecule has 0 aliphatic carbocycles. The third-order valence-electron chi connectivity index (χ3n) is 6.87. The van der Waals surface area contributed by atoms with Crippen molar-refractivity contribution in [2.45, 2.75) is 30.2 Å². The highest BCUT2D eigenvalue weighted by Gasteiger charge is 2.73. The number of hydrogen-bond donors (Lipinski definition) is 0. The largest absolute Gasteiger partial charge is 0.497 e. The van der Waals surface area contributed by atoms with Gasteiger partial charge in [0.25, 0.3) is 5.91 Å². The first-order valence-corrected chi connectivity index (χ1v) is 10.4. The molecule has 0 unspecified atom stereocenters. The monoisotopic (exact) mass is 435 g/mol. The molecular formula is C24H21NO7. The lowest BCUT2D eigenvalue weighted by Gasteiger charge is -2.51. The molecule has 2 aromatic carbocycles. The van der Waals surface area contributed by atoms with Gasteiger partial charge in [-0.15, -0.1) is 0 Å². The minimum atomic E-state index is -1.29. The van der Waals surface area contributed by atoms with E-state index >= 15 is 0 Å². The lowest BCUT2D eigenvalue weighted by molar-refractivity contribution is -0.165. The van der Waals surface area contributed by atoms with E-state index in [0.29, 0.717) is 29.0 Å². The van der Waals surface area contributed by atoms with E-state index < -0.39 is 17.1 Å². The first-order valence-electron chi connectivity index (χ1n) is 10.4. The van der Waals surface area contributed by atoms with Crippen LogP contribution in [0.15, 0.2) is 48.6 Å². The fourth-order valence-electron chi connectivity index (χ4n) is 5.42. The predicted octanol–water partition coefficient (Wildman–Crippen LogP) is 2.55. The molecule has 164 valence electrons. The number of hydrogen-bond acceptors (Lipinski definition) is 7. The van der Waals surface area contributed by atoms with E-state index in [1.165, 1.54) is 7.11 Å². The molecule has 8 nitrogen and oxygen atoms in total. The Morgan fingerprint density at radius 2 is 1.91 bits per heavy atom. The van der Waals surface area contributed by atoms with Crippen LogP contribution in [0.2, 0.25) is 0 Å². The molecule has 4 aliphatic heterocycles. The van der Waals surface area contributed by atoms with Crippen molar-refractivity contribution in [3.8, 4) is 17.2 Å². The van der Waals surface area contributed by atoms with Crippen LogP contribution in [0.4, 0.5) is 0 Å². The van der Waals surface area contributed by atoms with Crippen LogP contribution in [0.3, 0.4) is 0 Å². The summed E-state index contributed by atoms with van der Waals surface area (Å²) in [6.45, 7) is 0.309. The number of fused-ring (bicyclic) bond motifs is 4. The molecule has 4 aliphatic rings. The maximum absolute atomic E-state index is 13.9. The number of esters is 1. The number of carbonyl (C=O) groups excluding carboxylic acids is 2. The summed E-state index contributed by atoms with van der Waals surface area (Å²) in [5.74, 6) is 1.01.